The van der Waals surface area contributed by atoms with Crippen LogP contribution in [0.5, 0.6) is 0 Å². The van der Waals surface area contributed by atoms with E-state index in [4.69, 9.17) is 0 Å². The lowest BCUT2D eigenvalue weighted by atomic mass is 10.0. The molecule has 0 spiro atoms. The fourth-order valence-electron chi connectivity index (χ4n) is 3.68. The van der Waals surface area contributed by atoms with Crippen molar-refractivity contribution < 1.29 is 19.4 Å². The summed E-state index contributed by atoms with van der Waals surface area (Å²) in [6.45, 7) is 3.24. The van der Waals surface area contributed by atoms with Crippen LogP contribution in [-0.2, 0) is 13.7 Å². The minimum atomic E-state index is -0.682. The average molecular weight is 450 g/mol. The van der Waals surface area contributed by atoms with Crippen LogP contribution in [-0.4, -0.2) is 30.3 Å². The van der Waals surface area contributed by atoms with E-state index in [1.165, 1.54) is 47.4 Å². The van der Waals surface area contributed by atoms with Crippen LogP contribution in [0.1, 0.15) is 29.8 Å². The van der Waals surface area contributed by atoms with E-state index in [9.17, 15) is 19.8 Å². The Morgan fingerprint density at radius 1 is 1.24 bits per heavy atom. The zero-order valence-corrected chi connectivity index (χ0v) is 18.3. The van der Waals surface area contributed by atoms with Gasteiger partial charge in [0.25, 0.3) is 5.91 Å². The Labute approximate surface area is 188 Å². The Kier molecular flexibility index (Phi) is 5.73. The van der Waals surface area contributed by atoms with E-state index in [0.717, 1.165) is 0 Å². The third-order valence-electron chi connectivity index (χ3n) is 5.38. The molecule has 4 rings (SSSR count). The number of benzene rings is 1. The molecule has 0 radical (unpaired) electrons. The molecule has 33 heavy (non-hydrogen) atoms. The van der Waals surface area contributed by atoms with Crippen molar-refractivity contribution in [3.8, 4) is 11.1 Å². The zero-order valence-electron chi connectivity index (χ0n) is 18.3. The number of aromatic nitrogens is 3. The Bertz CT molecular complexity index is 1490. The SMILES string of the molecule is CC(C)C(O)=c1cc(C(=O)Nc2cc(CO)cc(-c3cnn(C)c3)c2F)c2cc(=O)ccn12. The molecule has 0 saturated heterocycles. The number of aliphatic hydroxyl groups excluding tert-OH is 2. The Balaban J connectivity index is 1.84. The zero-order chi connectivity index (χ0) is 23.9. The number of halogens is 1. The number of pyridine rings is 1. The van der Waals surface area contributed by atoms with E-state index in [1.807, 2.05) is 0 Å². The second-order valence-electron chi connectivity index (χ2n) is 8.12. The number of nitrogens with one attached hydrogen (secondary N) is 1. The van der Waals surface area contributed by atoms with Crippen LogP contribution < -0.4 is 16.1 Å². The van der Waals surface area contributed by atoms with Gasteiger partial charge in [-0.1, -0.05) is 13.8 Å². The number of fused-ring (bicyclic) bond motifs is 1. The maximum Gasteiger partial charge on any atom is 0.257 e. The third kappa shape index (κ3) is 4.10. The van der Waals surface area contributed by atoms with Gasteiger partial charge in [-0.05, 0) is 23.8 Å². The normalized spacial score (nSPS) is 12.4. The predicted molar refractivity (Wildman–Crippen MR) is 122 cm³/mol. The van der Waals surface area contributed by atoms with E-state index in [0.29, 0.717) is 16.5 Å². The van der Waals surface area contributed by atoms with Gasteiger partial charge < -0.3 is 19.9 Å². The first-order chi connectivity index (χ1) is 15.7. The number of aryl methyl sites for hydroxylation is 1. The first kappa shape index (κ1) is 22.2. The molecule has 170 valence electrons. The maximum absolute atomic E-state index is 15.3. The molecular formula is C24H23FN4O4. The van der Waals surface area contributed by atoms with Gasteiger partial charge in [0.1, 0.15) is 5.76 Å². The highest BCUT2D eigenvalue weighted by Gasteiger charge is 2.20. The van der Waals surface area contributed by atoms with Crippen LogP contribution in [0.25, 0.3) is 22.4 Å². The molecule has 4 aromatic rings. The lowest BCUT2D eigenvalue weighted by molar-refractivity contribution is 0.102. The molecule has 3 N–H and O–H groups in total. The number of carbonyl (C=O) groups excluding carboxylic acids is 1. The quantitative estimate of drug-likeness (QED) is 0.433. The molecule has 9 heteroatoms. The second kappa shape index (κ2) is 8.51. The molecule has 1 aromatic carbocycles. The summed E-state index contributed by atoms with van der Waals surface area (Å²) in [6, 6.07) is 6.93. The number of aliphatic hydroxyl groups is 2. The molecule has 3 aromatic heterocycles. The van der Waals surface area contributed by atoms with Crippen molar-refractivity contribution in [2.75, 3.05) is 5.32 Å². The van der Waals surface area contributed by atoms with Gasteiger partial charge in [-0.25, -0.2) is 4.39 Å². The van der Waals surface area contributed by atoms with E-state index in [-0.39, 0.29) is 46.0 Å². The highest BCUT2D eigenvalue weighted by Crippen LogP contribution is 2.30. The van der Waals surface area contributed by atoms with Gasteiger partial charge in [0.05, 0.1) is 34.9 Å². The molecule has 3 heterocycles. The van der Waals surface area contributed by atoms with E-state index < -0.39 is 11.7 Å². The number of nitrogens with zero attached hydrogens (tertiary/aromatic N) is 3. The standard InChI is InChI=1S/C24H23FN4O4/c1-13(2)23(32)21-9-18(20-8-16(31)4-5-29(20)21)24(33)27-19-7-14(12-30)6-17(22(19)25)15-10-26-28(3)11-15/h4-11,13,30,32H,12H2,1-3H3,(H,27,33). The first-order valence-corrected chi connectivity index (χ1v) is 10.3. The van der Waals surface area contributed by atoms with Gasteiger partial charge in [-0.15, -0.1) is 0 Å². The molecule has 0 bridgehead atoms. The van der Waals surface area contributed by atoms with Gasteiger partial charge in [0.15, 0.2) is 11.2 Å². The smallest absolute Gasteiger partial charge is 0.257 e. The molecule has 0 aliphatic rings. The predicted octanol–water partition coefficient (Wildman–Crippen LogP) is 2.62. The second-order valence-corrected chi connectivity index (χ2v) is 8.12. The van der Waals surface area contributed by atoms with Crippen LogP contribution in [0.15, 0.2) is 53.7 Å². The van der Waals surface area contributed by atoms with Crippen molar-refractivity contribution in [3.05, 3.63) is 81.4 Å². The monoisotopic (exact) mass is 450 g/mol. The van der Waals surface area contributed by atoms with Gasteiger partial charge in [-0.3, -0.25) is 14.3 Å². The first-order valence-electron chi connectivity index (χ1n) is 10.3. The summed E-state index contributed by atoms with van der Waals surface area (Å²) in [6.07, 6.45) is 4.59. The number of carbonyl (C=O) groups is 1. The number of amides is 1. The summed E-state index contributed by atoms with van der Waals surface area (Å²) in [5, 5.41) is 27.1. The highest BCUT2D eigenvalue weighted by molar-refractivity contribution is 6.09. The Morgan fingerprint density at radius 3 is 2.64 bits per heavy atom. The van der Waals surface area contributed by atoms with E-state index in [1.54, 1.807) is 31.5 Å². The van der Waals surface area contributed by atoms with Crippen molar-refractivity contribution in [1.82, 2.24) is 14.2 Å². The molecule has 8 nitrogen and oxygen atoms in total. The maximum atomic E-state index is 15.3. The van der Waals surface area contributed by atoms with Gasteiger partial charge in [-0.2, -0.15) is 5.10 Å². The van der Waals surface area contributed by atoms with Crippen LogP contribution in [0.3, 0.4) is 0 Å². The third-order valence-corrected chi connectivity index (χ3v) is 5.38. The number of hydrogen-bond donors (Lipinski definition) is 3. The van der Waals surface area contributed by atoms with Gasteiger partial charge in [0.2, 0.25) is 0 Å². The fourth-order valence-corrected chi connectivity index (χ4v) is 3.68. The molecular weight excluding hydrogens is 427 g/mol. The minimum Gasteiger partial charge on any atom is -0.510 e. The lowest BCUT2D eigenvalue weighted by Gasteiger charge is -2.11. The molecule has 0 aliphatic heterocycles. The van der Waals surface area contributed by atoms with E-state index in [2.05, 4.69) is 10.4 Å². The van der Waals surface area contributed by atoms with Crippen molar-refractivity contribution in [2.45, 2.75) is 20.5 Å². The summed E-state index contributed by atoms with van der Waals surface area (Å²) >= 11 is 0. The summed E-state index contributed by atoms with van der Waals surface area (Å²) < 4.78 is 18.4. The molecule has 0 aliphatic carbocycles. The number of rotatable bonds is 5. The van der Waals surface area contributed by atoms with Crippen molar-refractivity contribution >= 4 is 22.9 Å². The molecule has 1 amide bonds. The van der Waals surface area contributed by atoms with Gasteiger partial charge >= 0.3 is 0 Å². The van der Waals surface area contributed by atoms with Crippen LogP contribution >= 0.6 is 0 Å². The molecule has 0 saturated carbocycles. The van der Waals surface area contributed by atoms with Crippen LogP contribution in [0.4, 0.5) is 10.1 Å². The van der Waals surface area contributed by atoms with Crippen LogP contribution in [0, 0.1) is 11.7 Å². The summed E-state index contributed by atoms with van der Waals surface area (Å²) in [4.78, 5) is 25.1. The molecule has 0 atom stereocenters. The largest absolute Gasteiger partial charge is 0.510 e. The topological polar surface area (TPSA) is 109 Å². The number of anilines is 1. The Morgan fingerprint density at radius 2 is 2.00 bits per heavy atom. The van der Waals surface area contributed by atoms with Crippen molar-refractivity contribution in [3.63, 3.8) is 0 Å². The Hall–Kier alpha value is -3.98. The molecule has 0 fully saturated rings. The van der Waals surface area contributed by atoms with Gasteiger partial charge in [0, 0.05) is 48.6 Å². The molecule has 0 unspecified atom stereocenters. The highest BCUT2D eigenvalue weighted by atomic mass is 19.1. The average Bonchev–Trinajstić information content (AvgIpc) is 3.37. The minimum absolute atomic E-state index is 0.0509. The number of hydrogen-bond acceptors (Lipinski definition) is 5. The van der Waals surface area contributed by atoms with Crippen molar-refractivity contribution in [1.29, 1.82) is 0 Å². The summed E-state index contributed by atoms with van der Waals surface area (Å²) in [5.41, 5.74) is 1.03. The summed E-state index contributed by atoms with van der Waals surface area (Å²) in [7, 11) is 1.70. The van der Waals surface area contributed by atoms with Crippen LogP contribution in [0.2, 0.25) is 0 Å². The fraction of sp³-hybridized carbons (Fsp3) is 0.208. The lowest BCUT2D eigenvalue weighted by Crippen LogP contribution is -2.16. The summed E-state index contributed by atoms with van der Waals surface area (Å²) in [5.74, 6) is -1.51. The van der Waals surface area contributed by atoms with Crippen molar-refractivity contribution in [2.24, 2.45) is 13.0 Å². The van der Waals surface area contributed by atoms with E-state index >= 15 is 4.39 Å².